The predicted molar refractivity (Wildman–Crippen MR) is 125 cm³/mol. The standard InChI is InChI=1S/C26H32FN3O3/c1-4-18(3)28-25(32)23(29-24(31)22-11-6-5-8-17(22)2)19-12-14-30(15-13-19)26(33)20-9-7-10-21(27)16-20/h5-11,16,18-19,23H,4,12-15H2,1-3H3,(H,28,32)(H,29,31)/t18-,23-/m1/s1. The zero-order chi connectivity index (χ0) is 24.0. The average molecular weight is 454 g/mol. The molecule has 0 aromatic heterocycles. The molecule has 0 radical (unpaired) electrons. The number of hydrogen-bond acceptors (Lipinski definition) is 3. The predicted octanol–water partition coefficient (Wildman–Crippen LogP) is 3.70. The molecule has 33 heavy (non-hydrogen) atoms. The molecule has 1 aliphatic heterocycles. The lowest BCUT2D eigenvalue weighted by molar-refractivity contribution is -0.125. The Hall–Kier alpha value is -3.22. The fourth-order valence-corrected chi connectivity index (χ4v) is 4.12. The Morgan fingerprint density at radius 1 is 1.06 bits per heavy atom. The van der Waals surface area contributed by atoms with Crippen LogP contribution < -0.4 is 10.6 Å². The quantitative estimate of drug-likeness (QED) is 0.671. The van der Waals surface area contributed by atoms with Crippen LogP contribution in [0, 0.1) is 18.7 Å². The van der Waals surface area contributed by atoms with Gasteiger partial charge in [-0.1, -0.05) is 31.2 Å². The SMILES string of the molecule is CC[C@@H](C)NC(=O)[C@H](NC(=O)c1ccccc1C)C1CCN(C(=O)c2cccc(F)c2)CC1. The van der Waals surface area contributed by atoms with E-state index < -0.39 is 11.9 Å². The largest absolute Gasteiger partial charge is 0.352 e. The molecule has 0 unspecified atom stereocenters. The smallest absolute Gasteiger partial charge is 0.253 e. The number of hydrogen-bond donors (Lipinski definition) is 2. The molecule has 1 heterocycles. The number of carbonyl (C=O) groups is 3. The van der Waals surface area contributed by atoms with Gasteiger partial charge in [-0.15, -0.1) is 0 Å². The highest BCUT2D eigenvalue weighted by Crippen LogP contribution is 2.23. The van der Waals surface area contributed by atoms with E-state index in [2.05, 4.69) is 10.6 Å². The minimum Gasteiger partial charge on any atom is -0.352 e. The van der Waals surface area contributed by atoms with E-state index in [9.17, 15) is 18.8 Å². The maximum atomic E-state index is 13.5. The van der Waals surface area contributed by atoms with Crippen molar-refractivity contribution in [1.82, 2.24) is 15.5 Å². The molecule has 2 aromatic rings. The molecule has 1 saturated heterocycles. The van der Waals surface area contributed by atoms with Gasteiger partial charge < -0.3 is 15.5 Å². The third kappa shape index (κ3) is 6.18. The summed E-state index contributed by atoms with van der Waals surface area (Å²) >= 11 is 0. The van der Waals surface area contributed by atoms with E-state index in [0.29, 0.717) is 37.1 Å². The summed E-state index contributed by atoms with van der Waals surface area (Å²) in [6.07, 6.45) is 1.91. The normalized spacial score (nSPS) is 16.1. The summed E-state index contributed by atoms with van der Waals surface area (Å²) < 4.78 is 13.5. The van der Waals surface area contributed by atoms with Crippen LogP contribution in [-0.2, 0) is 4.79 Å². The molecule has 0 spiro atoms. The maximum absolute atomic E-state index is 13.5. The number of rotatable bonds is 7. The number of nitrogens with zero attached hydrogens (tertiary/aromatic N) is 1. The van der Waals surface area contributed by atoms with Crippen molar-refractivity contribution in [1.29, 1.82) is 0 Å². The van der Waals surface area contributed by atoms with Crippen molar-refractivity contribution < 1.29 is 18.8 Å². The van der Waals surface area contributed by atoms with Gasteiger partial charge in [0.1, 0.15) is 11.9 Å². The van der Waals surface area contributed by atoms with Crippen molar-refractivity contribution in [2.75, 3.05) is 13.1 Å². The van der Waals surface area contributed by atoms with Crippen LogP contribution in [0.15, 0.2) is 48.5 Å². The van der Waals surface area contributed by atoms with Gasteiger partial charge in [-0.2, -0.15) is 0 Å². The van der Waals surface area contributed by atoms with Crippen LogP contribution in [-0.4, -0.2) is 47.8 Å². The highest BCUT2D eigenvalue weighted by Gasteiger charge is 2.34. The van der Waals surface area contributed by atoms with Gasteiger partial charge in [0.15, 0.2) is 0 Å². The van der Waals surface area contributed by atoms with Crippen LogP contribution in [0.5, 0.6) is 0 Å². The molecule has 2 aromatic carbocycles. The Morgan fingerprint density at radius 3 is 2.39 bits per heavy atom. The molecule has 176 valence electrons. The van der Waals surface area contributed by atoms with E-state index in [1.54, 1.807) is 23.1 Å². The van der Waals surface area contributed by atoms with Gasteiger partial charge in [-0.25, -0.2) is 4.39 Å². The number of amides is 3. The lowest BCUT2D eigenvalue weighted by atomic mass is 9.88. The summed E-state index contributed by atoms with van der Waals surface area (Å²) in [6.45, 7) is 6.65. The van der Waals surface area contributed by atoms with Gasteiger partial charge in [-0.3, -0.25) is 14.4 Å². The summed E-state index contributed by atoms with van der Waals surface area (Å²) in [4.78, 5) is 40.5. The van der Waals surface area contributed by atoms with Gasteiger partial charge in [0.25, 0.3) is 11.8 Å². The van der Waals surface area contributed by atoms with E-state index in [-0.39, 0.29) is 29.7 Å². The van der Waals surface area contributed by atoms with Crippen molar-refractivity contribution in [3.05, 3.63) is 71.0 Å². The zero-order valence-corrected chi connectivity index (χ0v) is 19.4. The Kier molecular flexibility index (Phi) is 8.20. The van der Waals surface area contributed by atoms with Gasteiger partial charge in [0.05, 0.1) is 0 Å². The minimum atomic E-state index is -0.697. The van der Waals surface area contributed by atoms with Crippen LogP contribution >= 0.6 is 0 Å². The van der Waals surface area contributed by atoms with Crippen molar-refractivity contribution in [2.45, 2.75) is 52.1 Å². The Bertz CT molecular complexity index is 1000. The first-order chi connectivity index (χ1) is 15.8. The first-order valence-corrected chi connectivity index (χ1v) is 11.5. The summed E-state index contributed by atoms with van der Waals surface area (Å²) in [5.41, 5.74) is 1.69. The first kappa shape index (κ1) is 24.4. The molecule has 3 amide bonds. The summed E-state index contributed by atoms with van der Waals surface area (Å²) in [5, 5.41) is 5.94. The molecule has 6 nitrogen and oxygen atoms in total. The second-order valence-electron chi connectivity index (χ2n) is 8.72. The Labute approximate surface area is 194 Å². The van der Waals surface area contributed by atoms with Crippen molar-refractivity contribution >= 4 is 17.7 Å². The van der Waals surface area contributed by atoms with Crippen molar-refractivity contribution in [3.63, 3.8) is 0 Å². The topological polar surface area (TPSA) is 78.5 Å². The maximum Gasteiger partial charge on any atom is 0.253 e. The number of likely N-dealkylation sites (tertiary alicyclic amines) is 1. The Balaban J connectivity index is 1.71. The van der Waals surface area contributed by atoms with E-state index in [1.165, 1.54) is 18.2 Å². The lowest BCUT2D eigenvalue weighted by Crippen LogP contribution is -2.55. The fraction of sp³-hybridized carbons (Fsp3) is 0.423. The van der Waals surface area contributed by atoms with Gasteiger partial charge in [0.2, 0.25) is 5.91 Å². The van der Waals surface area contributed by atoms with Crippen LogP contribution in [0.3, 0.4) is 0 Å². The number of benzene rings is 2. The van der Waals surface area contributed by atoms with E-state index in [1.807, 2.05) is 32.9 Å². The number of piperidine rings is 1. The monoisotopic (exact) mass is 453 g/mol. The highest BCUT2D eigenvalue weighted by molar-refractivity contribution is 5.98. The average Bonchev–Trinajstić information content (AvgIpc) is 2.82. The van der Waals surface area contributed by atoms with Gasteiger partial charge >= 0.3 is 0 Å². The van der Waals surface area contributed by atoms with Crippen LogP contribution in [0.4, 0.5) is 4.39 Å². The molecule has 0 bridgehead atoms. The first-order valence-electron chi connectivity index (χ1n) is 11.5. The second-order valence-corrected chi connectivity index (χ2v) is 8.72. The van der Waals surface area contributed by atoms with Gasteiger partial charge in [-0.05, 0) is 68.9 Å². The van der Waals surface area contributed by atoms with Crippen molar-refractivity contribution in [3.8, 4) is 0 Å². The summed E-state index contributed by atoms with van der Waals surface area (Å²) in [7, 11) is 0. The molecule has 1 aliphatic rings. The third-order valence-corrected chi connectivity index (χ3v) is 6.33. The molecule has 0 aliphatic carbocycles. The summed E-state index contributed by atoms with van der Waals surface area (Å²) in [6, 6.07) is 12.2. The fourth-order valence-electron chi connectivity index (χ4n) is 4.12. The van der Waals surface area contributed by atoms with E-state index >= 15 is 0 Å². The number of nitrogens with one attached hydrogen (secondary N) is 2. The molecule has 2 atom stereocenters. The van der Waals surface area contributed by atoms with Crippen molar-refractivity contribution in [2.24, 2.45) is 5.92 Å². The van der Waals surface area contributed by atoms with E-state index in [4.69, 9.17) is 0 Å². The zero-order valence-electron chi connectivity index (χ0n) is 19.4. The molecular formula is C26H32FN3O3. The lowest BCUT2D eigenvalue weighted by Gasteiger charge is -2.36. The molecule has 3 rings (SSSR count). The Morgan fingerprint density at radius 2 is 1.76 bits per heavy atom. The van der Waals surface area contributed by atoms with Crippen LogP contribution in [0.25, 0.3) is 0 Å². The third-order valence-electron chi connectivity index (χ3n) is 6.33. The van der Waals surface area contributed by atoms with E-state index in [0.717, 1.165) is 12.0 Å². The number of halogens is 1. The second kappa shape index (κ2) is 11.1. The molecule has 0 saturated carbocycles. The molecular weight excluding hydrogens is 421 g/mol. The molecule has 2 N–H and O–H groups in total. The number of carbonyl (C=O) groups excluding carboxylic acids is 3. The molecule has 7 heteroatoms. The van der Waals surface area contributed by atoms with Crippen LogP contribution in [0.2, 0.25) is 0 Å². The van der Waals surface area contributed by atoms with Crippen LogP contribution in [0.1, 0.15) is 59.4 Å². The van der Waals surface area contributed by atoms with Gasteiger partial charge in [0, 0.05) is 30.3 Å². The summed E-state index contributed by atoms with van der Waals surface area (Å²) in [5.74, 6) is -1.27. The molecule has 1 fully saturated rings. The number of aryl methyl sites for hydroxylation is 1. The minimum absolute atomic E-state index is 0.00925. The highest BCUT2D eigenvalue weighted by atomic mass is 19.1.